The van der Waals surface area contributed by atoms with E-state index in [2.05, 4.69) is 10.3 Å². The van der Waals surface area contributed by atoms with Crippen LogP contribution in [0.15, 0.2) is 18.2 Å². The number of nitrogens with one attached hydrogen (secondary N) is 1. The van der Waals surface area contributed by atoms with Gasteiger partial charge in [0.05, 0.1) is 13.7 Å². The lowest BCUT2D eigenvalue weighted by molar-refractivity contribution is 0.0589. The summed E-state index contributed by atoms with van der Waals surface area (Å²) in [4.78, 5) is 28.7. The summed E-state index contributed by atoms with van der Waals surface area (Å²) in [5.41, 5.74) is -0.527. The van der Waals surface area contributed by atoms with Crippen molar-refractivity contribution in [3.05, 3.63) is 38.2 Å². The zero-order valence-electron chi connectivity index (χ0n) is 16.5. The number of thiazole rings is 1. The second-order valence-electron chi connectivity index (χ2n) is 6.94. The maximum atomic E-state index is 13.8. The van der Waals surface area contributed by atoms with Gasteiger partial charge in [-0.1, -0.05) is 0 Å². The largest absolute Gasteiger partial charge is 0.491 e. The highest BCUT2D eigenvalue weighted by molar-refractivity contribution is 14.1. The Bertz CT molecular complexity index is 882. The Hall–Kier alpha value is -1.95. The van der Waals surface area contributed by atoms with Crippen molar-refractivity contribution in [2.75, 3.05) is 19.0 Å². The van der Waals surface area contributed by atoms with Gasteiger partial charge in [-0.3, -0.25) is 5.32 Å². The molecule has 0 spiro atoms. The van der Waals surface area contributed by atoms with Crippen LogP contribution in [0.2, 0.25) is 0 Å². The van der Waals surface area contributed by atoms with E-state index in [4.69, 9.17) is 14.2 Å². The number of hydrogen-bond acceptors (Lipinski definition) is 7. The van der Waals surface area contributed by atoms with Crippen LogP contribution in [0.4, 0.5) is 14.3 Å². The van der Waals surface area contributed by atoms with E-state index in [1.807, 2.05) is 22.6 Å². The second-order valence-corrected chi connectivity index (χ2v) is 9.27. The maximum absolute atomic E-state index is 13.8. The summed E-state index contributed by atoms with van der Waals surface area (Å²) in [6.07, 6.45) is 0.305. The van der Waals surface area contributed by atoms with Gasteiger partial charge in [-0.15, -0.1) is 11.3 Å². The fourth-order valence-corrected chi connectivity index (χ4v) is 3.66. The summed E-state index contributed by atoms with van der Waals surface area (Å²) in [7, 11) is 1.26. The van der Waals surface area contributed by atoms with Gasteiger partial charge in [0.25, 0.3) is 0 Å². The fraction of sp³-hybridized carbons (Fsp3) is 0.421. The maximum Gasteiger partial charge on any atom is 0.413 e. The van der Waals surface area contributed by atoms with Crippen LogP contribution in [0.25, 0.3) is 0 Å². The Morgan fingerprint density at radius 2 is 2.03 bits per heavy atom. The van der Waals surface area contributed by atoms with Gasteiger partial charge < -0.3 is 14.2 Å². The van der Waals surface area contributed by atoms with Gasteiger partial charge in [0.15, 0.2) is 22.4 Å². The lowest BCUT2D eigenvalue weighted by Gasteiger charge is -2.18. The first kappa shape index (κ1) is 23.3. The summed E-state index contributed by atoms with van der Waals surface area (Å²) in [6, 6.07) is 4.72. The lowest BCUT2D eigenvalue weighted by atomic mass is 10.2. The van der Waals surface area contributed by atoms with Crippen LogP contribution in [-0.2, 0) is 15.9 Å². The quantitative estimate of drug-likeness (QED) is 0.304. The summed E-state index contributed by atoms with van der Waals surface area (Å²) in [6.45, 7) is 5.49. The van der Waals surface area contributed by atoms with Crippen LogP contribution in [0.1, 0.15) is 42.6 Å². The molecule has 1 aromatic carbocycles. The number of benzene rings is 1. The van der Waals surface area contributed by atoms with Crippen LogP contribution >= 0.6 is 33.9 Å². The average molecular weight is 536 g/mol. The predicted molar refractivity (Wildman–Crippen MR) is 116 cm³/mol. The Morgan fingerprint density at radius 1 is 1.31 bits per heavy atom. The molecule has 0 atom stereocenters. The first-order valence-corrected chi connectivity index (χ1v) is 10.6. The van der Waals surface area contributed by atoms with Gasteiger partial charge in [-0.05, 0) is 74.4 Å². The van der Waals surface area contributed by atoms with Gasteiger partial charge in [0.2, 0.25) is 0 Å². The van der Waals surface area contributed by atoms with E-state index in [9.17, 15) is 14.0 Å². The van der Waals surface area contributed by atoms with E-state index in [1.54, 1.807) is 32.9 Å². The highest BCUT2D eigenvalue weighted by atomic mass is 127. The molecule has 0 unspecified atom stereocenters. The number of methoxy groups -OCH3 is 1. The SMILES string of the molecule is COC(=O)c1nc(NC(=O)OC(C)(C)C)sc1CCCOc1ccc(I)cc1F. The summed E-state index contributed by atoms with van der Waals surface area (Å²) < 4.78 is 30.0. The zero-order chi connectivity index (χ0) is 21.6. The molecule has 0 saturated heterocycles. The number of aromatic nitrogens is 1. The van der Waals surface area contributed by atoms with Crippen LogP contribution < -0.4 is 10.1 Å². The summed E-state index contributed by atoms with van der Waals surface area (Å²) in [5, 5.41) is 2.76. The Labute approximate surface area is 186 Å². The minimum Gasteiger partial charge on any atom is -0.491 e. The number of halogens is 2. The number of rotatable bonds is 7. The molecule has 0 aliphatic heterocycles. The average Bonchev–Trinajstić information content (AvgIpc) is 3.00. The third-order valence-corrected chi connectivity index (χ3v) is 5.09. The minimum absolute atomic E-state index is 0.129. The van der Waals surface area contributed by atoms with E-state index >= 15 is 0 Å². The fourth-order valence-electron chi connectivity index (χ4n) is 2.23. The number of hydrogen-bond donors (Lipinski definition) is 1. The van der Waals surface area contributed by atoms with Crippen molar-refractivity contribution in [1.82, 2.24) is 4.98 Å². The highest BCUT2D eigenvalue weighted by Crippen LogP contribution is 2.26. The molecule has 29 heavy (non-hydrogen) atoms. The molecule has 0 saturated carbocycles. The van der Waals surface area contributed by atoms with Gasteiger partial charge in [0, 0.05) is 8.45 Å². The lowest BCUT2D eigenvalue weighted by Crippen LogP contribution is -2.27. The molecular weight excluding hydrogens is 514 g/mol. The predicted octanol–water partition coefficient (Wildman–Crippen LogP) is 5.03. The van der Waals surface area contributed by atoms with Crippen molar-refractivity contribution in [2.24, 2.45) is 0 Å². The van der Waals surface area contributed by atoms with Gasteiger partial charge >= 0.3 is 12.1 Å². The Kier molecular flexibility index (Phi) is 8.20. The van der Waals surface area contributed by atoms with Crippen molar-refractivity contribution in [3.8, 4) is 5.75 Å². The number of anilines is 1. The first-order valence-electron chi connectivity index (χ1n) is 8.75. The number of esters is 1. The van der Waals surface area contributed by atoms with Crippen LogP contribution in [0.3, 0.4) is 0 Å². The molecule has 10 heteroatoms. The standard InChI is InChI=1S/C19H22FIN2O5S/c1-19(2,3)28-18(25)23-17-22-15(16(24)26-4)14(29-17)6-5-9-27-13-8-7-11(21)10-12(13)20/h7-8,10H,5-6,9H2,1-4H3,(H,22,23,25). The molecule has 158 valence electrons. The molecule has 2 rings (SSSR count). The molecule has 1 aromatic heterocycles. The Morgan fingerprint density at radius 3 is 2.66 bits per heavy atom. The van der Waals surface area contributed by atoms with Crippen molar-refractivity contribution < 1.29 is 28.2 Å². The molecule has 0 radical (unpaired) electrons. The van der Waals surface area contributed by atoms with Gasteiger partial charge in [-0.25, -0.2) is 19.0 Å². The van der Waals surface area contributed by atoms with E-state index in [-0.39, 0.29) is 23.2 Å². The second kappa shape index (κ2) is 10.2. The van der Waals surface area contributed by atoms with Crippen LogP contribution in [0, 0.1) is 9.39 Å². The van der Waals surface area contributed by atoms with E-state index in [0.29, 0.717) is 17.7 Å². The molecule has 0 aliphatic rings. The topological polar surface area (TPSA) is 86.8 Å². The molecule has 0 fully saturated rings. The molecule has 0 aliphatic carbocycles. The van der Waals surface area contributed by atoms with Crippen molar-refractivity contribution in [2.45, 2.75) is 39.2 Å². The molecule has 7 nitrogen and oxygen atoms in total. The normalized spacial score (nSPS) is 11.1. The van der Waals surface area contributed by atoms with Gasteiger partial charge in [0.1, 0.15) is 5.60 Å². The van der Waals surface area contributed by atoms with E-state index < -0.39 is 23.5 Å². The molecule has 1 heterocycles. The third kappa shape index (κ3) is 7.42. The number of carbonyl (C=O) groups excluding carboxylic acids is 2. The van der Waals surface area contributed by atoms with E-state index in [0.717, 1.165) is 14.9 Å². The Balaban J connectivity index is 1.99. The monoisotopic (exact) mass is 536 g/mol. The summed E-state index contributed by atoms with van der Waals surface area (Å²) in [5.74, 6) is -0.845. The smallest absolute Gasteiger partial charge is 0.413 e. The van der Waals surface area contributed by atoms with Crippen molar-refractivity contribution in [3.63, 3.8) is 0 Å². The summed E-state index contributed by atoms with van der Waals surface area (Å²) >= 11 is 3.18. The third-order valence-electron chi connectivity index (χ3n) is 3.38. The van der Waals surface area contributed by atoms with Crippen LogP contribution in [-0.4, -0.2) is 36.4 Å². The minimum atomic E-state index is -0.660. The molecule has 1 amide bonds. The number of carbonyl (C=O) groups is 2. The molecular formula is C19H22FIN2O5S. The van der Waals surface area contributed by atoms with E-state index in [1.165, 1.54) is 13.2 Å². The number of nitrogens with zero attached hydrogens (tertiary/aromatic N) is 1. The number of amides is 1. The molecule has 1 N–H and O–H groups in total. The van der Waals surface area contributed by atoms with Gasteiger partial charge in [-0.2, -0.15) is 0 Å². The van der Waals surface area contributed by atoms with Crippen molar-refractivity contribution in [1.29, 1.82) is 0 Å². The number of ether oxygens (including phenoxy) is 3. The first-order chi connectivity index (χ1) is 13.6. The highest BCUT2D eigenvalue weighted by Gasteiger charge is 2.22. The van der Waals surface area contributed by atoms with Crippen LogP contribution in [0.5, 0.6) is 5.75 Å². The zero-order valence-corrected chi connectivity index (χ0v) is 19.5. The number of aryl methyl sites for hydroxylation is 1. The molecule has 2 aromatic rings. The molecule has 0 bridgehead atoms. The van der Waals surface area contributed by atoms with Crippen molar-refractivity contribution >= 4 is 51.1 Å².